The predicted octanol–water partition coefficient (Wildman–Crippen LogP) is 4.65. The Morgan fingerprint density at radius 2 is 1.83 bits per heavy atom. The number of hydrogen-bond donors (Lipinski definition) is 1. The zero-order valence-electron chi connectivity index (χ0n) is 13.5. The molecule has 1 N–H and O–H groups in total. The van der Waals surface area contributed by atoms with E-state index in [1.165, 1.54) is 0 Å². The van der Waals surface area contributed by atoms with Crippen molar-refractivity contribution in [3.05, 3.63) is 58.1 Å². The van der Waals surface area contributed by atoms with E-state index in [1.807, 2.05) is 38.1 Å². The summed E-state index contributed by atoms with van der Waals surface area (Å²) in [6.45, 7) is 4.34. The summed E-state index contributed by atoms with van der Waals surface area (Å²) in [6, 6.07) is 12.3. The minimum atomic E-state index is -0.234. The Morgan fingerprint density at radius 1 is 1.12 bits per heavy atom. The Bertz CT molecular complexity index is 689. The van der Waals surface area contributed by atoms with E-state index in [0.29, 0.717) is 22.4 Å². The fraction of sp³-hybridized carbons (Fsp3) is 0.278. The first-order valence-electron chi connectivity index (χ1n) is 7.59. The minimum Gasteiger partial charge on any atom is -0.494 e. The van der Waals surface area contributed by atoms with Crippen LogP contribution in [0.1, 0.15) is 25.5 Å². The molecular weight excluding hydrogens is 349 g/mol. The van der Waals surface area contributed by atoms with Crippen molar-refractivity contribution in [2.75, 3.05) is 13.2 Å². The molecule has 0 aliphatic carbocycles. The van der Waals surface area contributed by atoms with E-state index in [-0.39, 0.29) is 18.6 Å². The maximum atomic E-state index is 12.0. The van der Waals surface area contributed by atoms with Gasteiger partial charge in [0, 0.05) is 5.02 Å². The van der Waals surface area contributed by atoms with Crippen LogP contribution in [0, 0.1) is 0 Å². The summed E-state index contributed by atoms with van der Waals surface area (Å²) < 4.78 is 10.8. The molecular formula is C18H19Cl2NO3. The van der Waals surface area contributed by atoms with Crippen molar-refractivity contribution >= 4 is 29.1 Å². The maximum absolute atomic E-state index is 12.0. The van der Waals surface area contributed by atoms with Gasteiger partial charge >= 0.3 is 0 Å². The first-order chi connectivity index (χ1) is 11.5. The molecule has 2 aromatic carbocycles. The van der Waals surface area contributed by atoms with Gasteiger partial charge in [0.15, 0.2) is 6.61 Å². The van der Waals surface area contributed by atoms with Crippen LogP contribution in [0.5, 0.6) is 11.5 Å². The molecule has 1 amide bonds. The largest absolute Gasteiger partial charge is 0.494 e. The van der Waals surface area contributed by atoms with Crippen molar-refractivity contribution in [3.63, 3.8) is 0 Å². The fourth-order valence-electron chi connectivity index (χ4n) is 2.12. The number of carbonyl (C=O) groups excluding carboxylic acids is 1. The van der Waals surface area contributed by atoms with Gasteiger partial charge in [-0.3, -0.25) is 4.79 Å². The summed E-state index contributed by atoms with van der Waals surface area (Å²) in [7, 11) is 0. The van der Waals surface area contributed by atoms with Crippen LogP contribution in [-0.2, 0) is 4.79 Å². The van der Waals surface area contributed by atoms with Gasteiger partial charge < -0.3 is 14.8 Å². The number of carbonyl (C=O) groups is 1. The third kappa shape index (κ3) is 5.32. The van der Waals surface area contributed by atoms with Gasteiger partial charge in [-0.2, -0.15) is 0 Å². The Morgan fingerprint density at radius 3 is 2.46 bits per heavy atom. The summed E-state index contributed by atoms with van der Waals surface area (Å²) in [5, 5.41) is 3.76. The summed E-state index contributed by atoms with van der Waals surface area (Å²) in [5.74, 6) is 0.993. The molecule has 2 aromatic rings. The molecule has 6 heteroatoms. The van der Waals surface area contributed by atoms with Gasteiger partial charge in [-0.15, -0.1) is 0 Å². The van der Waals surface area contributed by atoms with Gasteiger partial charge in [0.05, 0.1) is 17.7 Å². The fourth-order valence-corrected chi connectivity index (χ4v) is 2.58. The van der Waals surface area contributed by atoms with Crippen molar-refractivity contribution in [2.24, 2.45) is 0 Å². The van der Waals surface area contributed by atoms with Crippen LogP contribution in [0.25, 0.3) is 0 Å². The van der Waals surface area contributed by atoms with E-state index in [0.717, 1.165) is 11.3 Å². The first-order valence-corrected chi connectivity index (χ1v) is 8.35. The number of hydrogen-bond acceptors (Lipinski definition) is 3. The highest BCUT2D eigenvalue weighted by Crippen LogP contribution is 2.27. The van der Waals surface area contributed by atoms with Gasteiger partial charge in [-0.05, 0) is 49.7 Å². The maximum Gasteiger partial charge on any atom is 0.258 e. The molecule has 0 heterocycles. The Kier molecular flexibility index (Phi) is 6.76. The van der Waals surface area contributed by atoms with Crippen molar-refractivity contribution in [3.8, 4) is 11.5 Å². The second kappa shape index (κ2) is 8.81. The molecule has 1 unspecified atom stereocenters. The molecule has 1 atom stereocenters. The lowest BCUT2D eigenvalue weighted by atomic mass is 10.1. The van der Waals surface area contributed by atoms with Gasteiger partial charge in [0.2, 0.25) is 0 Å². The summed E-state index contributed by atoms with van der Waals surface area (Å²) in [5.41, 5.74) is 0.983. The van der Waals surface area contributed by atoms with Crippen LogP contribution >= 0.6 is 23.2 Å². The first kappa shape index (κ1) is 18.4. The summed E-state index contributed by atoms with van der Waals surface area (Å²) >= 11 is 11.8. The topological polar surface area (TPSA) is 47.6 Å². The molecule has 0 fully saturated rings. The van der Waals surface area contributed by atoms with E-state index in [1.54, 1.807) is 18.2 Å². The second-order valence-corrected chi connectivity index (χ2v) is 6.00. The predicted molar refractivity (Wildman–Crippen MR) is 96.1 cm³/mol. The smallest absolute Gasteiger partial charge is 0.258 e. The Balaban J connectivity index is 1.87. The van der Waals surface area contributed by atoms with Gasteiger partial charge in [-0.25, -0.2) is 0 Å². The van der Waals surface area contributed by atoms with E-state index in [2.05, 4.69) is 5.32 Å². The highest BCUT2D eigenvalue weighted by molar-refractivity contribution is 6.35. The van der Waals surface area contributed by atoms with Crippen molar-refractivity contribution in [1.29, 1.82) is 0 Å². The lowest BCUT2D eigenvalue weighted by Crippen LogP contribution is -2.31. The Hall–Kier alpha value is -1.91. The molecule has 24 heavy (non-hydrogen) atoms. The number of amides is 1. The lowest BCUT2D eigenvalue weighted by Gasteiger charge is -2.15. The normalized spacial score (nSPS) is 11.7. The van der Waals surface area contributed by atoms with Crippen LogP contribution in [0.4, 0.5) is 0 Å². The standard InChI is InChI=1S/C18H19Cl2NO3/c1-3-23-15-7-4-13(5-8-15)12(2)21-18(22)11-24-17-9-6-14(19)10-16(17)20/h4-10,12H,3,11H2,1-2H3,(H,21,22). The Labute approximate surface area is 151 Å². The number of halogens is 2. The molecule has 0 saturated heterocycles. The van der Waals surface area contributed by atoms with Gasteiger partial charge in [-0.1, -0.05) is 35.3 Å². The van der Waals surface area contributed by atoms with Crippen molar-refractivity contribution < 1.29 is 14.3 Å². The molecule has 2 rings (SSSR count). The second-order valence-electron chi connectivity index (χ2n) is 5.15. The molecule has 128 valence electrons. The van der Waals surface area contributed by atoms with Gasteiger partial charge in [0.1, 0.15) is 11.5 Å². The zero-order chi connectivity index (χ0) is 17.5. The van der Waals surface area contributed by atoms with Crippen molar-refractivity contribution in [2.45, 2.75) is 19.9 Å². The van der Waals surface area contributed by atoms with E-state index < -0.39 is 0 Å². The third-order valence-corrected chi connectivity index (χ3v) is 3.85. The van der Waals surface area contributed by atoms with E-state index >= 15 is 0 Å². The SMILES string of the molecule is CCOc1ccc(C(C)NC(=O)COc2ccc(Cl)cc2Cl)cc1. The number of benzene rings is 2. The molecule has 0 aromatic heterocycles. The average Bonchev–Trinajstić information content (AvgIpc) is 2.55. The quantitative estimate of drug-likeness (QED) is 0.774. The molecule has 0 radical (unpaired) electrons. The number of ether oxygens (including phenoxy) is 2. The molecule has 0 aliphatic heterocycles. The molecule has 0 spiro atoms. The van der Waals surface area contributed by atoms with Crippen LogP contribution < -0.4 is 14.8 Å². The number of nitrogens with one attached hydrogen (secondary N) is 1. The van der Waals surface area contributed by atoms with Crippen LogP contribution in [0.2, 0.25) is 10.0 Å². The summed E-state index contributed by atoms with van der Waals surface area (Å²) in [6.07, 6.45) is 0. The van der Waals surface area contributed by atoms with Crippen molar-refractivity contribution in [1.82, 2.24) is 5.32 Å². The lowest BCUT2D eigenvalue weighted by molar-refractivity contribution is -0.123. The number of rotatable bonds is 7. The molecule has 4 nitrogen and oxygen atoms in total. The molecule has 0 saturated carbocycles. The van der Waals surface area contributed by atoms with Crippen LogP contribution in [0.15, 0.2) is 42.5 Å². The monoisotopic (exact) mass is 367 g/mol. The highest BCUT2D eigenvalue weighted by Gasteiger charge is 2.11. The van der Waals surface area contributed by atoms with E-state index in [9.17, 15) is 4.79 Å². The highest BCUT2D eigenvalue weighted by atomic mass is 35.5. The van der Waals surface area contributed by atoms with Gasteiger partial charge in [0.25, 0.3) is 5.91 Å². The van der Waals surface area contributed by atoms with Crippen LogP contribution in [-0.4, -0.2) is 19.1 Å². The minimum absolute atomic E-state index is 0.122. The zero-order valence-corrected chi connectivity index (χ0v) is 15.0. The summed E-state index contributed by atoms with van der Waals surface area (Å²) in [4.78, 5) is 12.0. The van der Waals surface area contributed by atoms with Crippen LogP contribution in [0.3, 0.4) is 0 Å². The average molecular weight is 368 g/mol. The molecule has 0 bridgehead atoms. The van der Waals surface area contributed by atoms with E-state index in [4.69, 9.17) is 32.7 Å². The third-order valence-electron chi connectivity index (χ3n) is 3.32. The molecule has 0 aliphatic rings.